The summed E-state index contributed by atoms with van der Waals surface area (Å²) >= 11 is 12.2. The molecule has 2 amide bonds. The molecule has 1 aliphatic rings. The fraction of sp³-hybridized carbons (Fsp3) is 0.333. The second-order valence-electron chi connectivity index (χ2n) is 6.60. The van der Waals surface area contributed by atoms with Crippen molar-refractivity contribution in [2.45, 2.75) is 6.42 Å². The van der Waals surface area contributed by atoms with E-state index in [1.54, 1.807) is 46.2 Å². The summed E-state index contributed by atoms with van der Waals surface area (Å²) in [4.78, 5) is 29.5. The molecule has 1 heterocycles. The zero-order chi connectivity index (χ0) is 21.0. The molecule has 0 N–H and O–H groups in total. The van der Waals surface area contributed by atoms with Crippen molar-refractivity contribution in [2.24, 2.45) is 0 Å². The summed E-state index contributed by atoms with van der Waals surface area (Å²) in [5.41, 5.74) is 0.750. The molecular formula is C21H22Cl2N2O4. The van der Waals surface area contributed by atoms with E-state index in [1.807, 2.05) is 0 Å². The van der Waals surface area contributed by atoms with Crippen LogP contribution in [0.25, 0.3) is 0 Å². The van der Waals surface area contributed by atoms with Crippen molar-refractivity contribution in [3.8, 4) is 11.5 Å². The number of benzene rings is 2. The molecule has 0 atom stereocenters. The molecule has 1 saturated heterocycles. The summed E-state index contributed by atoms with van der Waals surface area (Å²) in [5, 5.41) is 0.808. The summed E-state index contributed by atoms with van der Waals surface area (Å²) in [7, 11) is 3.03. The quantitative estimate of drug-likeness (QED) is 0.726. The van der Waals surface area contributed by atoms with Crippen molar-refractivity contribution < 1.29 is 19.1 Å². The van der Waals surface area contributed by atoms with E-state index in [2.05, 4.69) is 0 Å². The van der Waals surface area contributed by atoms with Crippen LogP contribution in [0.4, 0.5) is 0 Å². The van der Waals surface area contributed by atoms with E-state index in [-0.39, 0.29) is 11.8 Å². The second-order valence-corrected chi connectivity index (χ2v) is 7.44. The largest absolute Gasteiger partial charge is 0.496 e. The van der Waals surface area contributed by atoms with Crippen LogP contribution in [0.3, 0.4) is 0 Å². The van der Waals surface area contributed by atoms with Gasteiger partial charge in [0.1, 0.15) is 17.1 Å². The molecule has 0 unspecified atom stereocenters. The first-order chi connectivity index (χ1) is 14.0. The molecule has 0 radical (unpaired) electrons. The molecule has 1 aliphatic heterocycles. The Balaban J connectivity index is 1.77. The minimum absolute atomic E-state index is 0.186. The van der Waals surface area contributed by atoms with Gasteiger partial charge in [-0.25, -0.2) is 0 Å². The summed E-state index contributed by atoms with van der Waals surface area (Å²) in [6, 6.07) is 10.0. The molecule has 3 rings (SSSR count). The predicted molar refractivity (Wildman–Crippen MR) is 112 cm³/mol. The average Bonchev–Trinajstić information content (AvgIpc) is 3.00. The third kappa shape index (κ3) is 4.60. The zero-order valence-corrected chi connectivity index (χ0v) is 17.8. The van der Waals surface area contributed by atoms with Gasteiger partial charge in [-0.1, -0.05) is 29.3 Å². The number of halogens is 2. The van der Waals surface area contributed by atoms with Crippen LogP contribution in [0.2, 0.25) is 10.0 Å². The van der Waals surface area contributed by atoms with Gasteiger partial charge in [-0.15, -0.1) is 0 Å². The van der Waals surface area contributed by atoms with Crippen LogP contribution < -0.4 is 9.47 Å². The summed E-state index contributed by atoms with van der Waals surface area (Å²) in [6.45, 7) is 1.83. The first kappa shape index (κ1) is 21.3. The molecule has 0 saturated carbocycles. The van der Waals surface area contributed by atoms with E-state index < -0.39 is 0 Å². The van der Waals surface area contributed by atoms with Gasteiger partial charge >= 0.3 is 0 Å². The number of carbonyl (C=O) groups excluding carboxylic acids is 2. The standard InChI is InChI=1S/C21H22Cl2N2O4/c1-28-17-5-3-6-18(29-2)19(17)21(27)25-10-4-9-24(11-12-25)20(26)15-13-14(22)7-8-16(15)23/h3,5-8,13H,4,9-12H2,1-2H3. The number of amides is 2. The smallest absolute Gasteiger partial charge is 0.261 e. The lowest BCUT2D eigenvalue weighted by Gasteiger charge is -2.24. The van der Waals surface area contributed by atoms with Gasteiger partial charge in [0, 0.05) is 31.2 Å². The molecule has 0 spiro atoms. The molecule has 8 heteroatoms. The number of carbonyl (C=O) groups is 2. The fourth-order valence-electron chi connectivity index (χ4n) is 3.38. The Bertz CT molecular complexity index is 897. The van der Waals surface area contributed by atoms with Gasteiger partial charge in [0.15, 0.2) is 0 Å². The molecule has 2 aromatic carbocycles. The number of hydrogen-bond donors (Lipinski definition) is 0. The van der Waals surface area contributed by atoms with Crippen molar-refractivity contribution in [3.05, 3.63) is 57.6 Å². The molecule has 0 bridgehead atoms. The molecule has 0 aliphatic carbocycles. The summed E-state index contributed by atoms with van der Waals surface area (Å²) in [6.07, 6.45) is 0.646. The van der Waals surface area contributed by atoms with Crippen molar-refractivity contribution in [1.82, 2.24) is 9.80 Å². The van der Waals surface area contributed by atoms with Crippen LogP contribution >= 0.6 is 23.2 Å². The van der Waals surface area contributed by atoms with Crippen molar-refractivity contribution in [1.29, 1.82) is 0 Å². The first-order valence-corrected chi connectivity index (χ1v) is 9.96. The molecule has 1 fully saturated rings. The van der Waals surface area contributed by atoms with Crippen LogP contribution in [0.1, 0.15) is 27.1 Å². The predicted octanol–water partition coefficient (Wildman–Crippen LogP) is 4.00. The van der Waals surface area contributed by atoms with Gasteiger partial charge in [-0.3, -0.25) is 9.59 Å². The molecule has 154 valence electrons. The molecule has 6 nitrogen and oxygen atoms in total. The third-order valence-electron chi connectivity index (χ3n) is 4.87. The highest BCUT2D eigenvalue weighted by atomic mass is 35.5. The number of nitrogens with zero attached hydrogens (tertiary/aromatic N) is 2. The Labute approximate surface area is 179 Å². The highest BCUT2D eigenvalue weighted by Crippen LogP contribution is 2.30. The molecule has 2 aromatic rings. The number of methoxy groups -OCH3 is 2. The van der Waals surface area contributed by atoms with Crippen molar-refractivity contribution >= 4 is 35.0 Å². The van der Waals surface area contributed by atoms with E-state index in [1.165, 1.54) is 14.2 Å². The Morgan fingerprint density at radius 2 is 1.45 bits per heavy atom. The average molecular weight is 437 g/mol. The molecular weight excluding hydrogens is 415 g/mol. The van der Waals surface area contributed by atoms with E-state index >= 15 is 0 Å². The number of rotatable bonds is 4. The maximum absolute atomic E-state index is 13.2. The highest BCUT2D eigenvalue weighted by Gasteiger charge is 2.28. The lowest BCUT2D eigenvalue weighted by molar-refractivity contribution is 0.0715. The van der Waals surface area contributed by atoms with Crippen LogP contribution in [-0.4, -0.2) is 62.0 Å². The minimum atomic E-state index is -0.193. The minimum Gasteiger partial charge on any atom is -0.496 e. The van der Waals surface area contributed by atoms with Gasteiger partial charge in [0.05, 0.1) is 24.8 Å². The maximum atomic E-state index is 13.2. The molecule has 29 heavy (non-hydrogen) atoms. The van der Waals surface area contributed by atoms with Crippen LogP contribution in [0.5, 0.6) is 11.5 Å². The van der Waals surface area contributed by atoms with Gasteiger partial charge < -0.3 is 19.3 Å². The van der Waals surface area contributed by atoms with Gasteiger partial charge in [0.2, 0.25) is 0 Å². The van der Waals surface area contributed by atoms with E-state index in [0.717, 1.165) is 0 Å². The van der Waals surface area contributed by atoms with Crippen LogP contribution in [0, 0.1) is 0 Å². The number of hydrogen-bond acceptors (Lipinski definition) is 4. The lowest BCUT2D eigenvalue weighted by atomic mass is 10.1. The monoisotopic (exact) mass is 436 g/mol. The third-order valence-corrected chi connectivity index (χ3v) is 5.44. The maximum Gasteiger partial charge on any atom is 0.261 e. The Kier molecular flexibility index (Phi) is 6.87. The van der Waals surface area contributed by atoms with Gasteiger partial charge in [-0.05, 0) is 36.8 Å². The zero-order valence-electron chi connectivity index (χ0n) is 16.3. The number of ether oxygens (including phenoxy) is 2. The highest BCUT2D eigenvalue weighted by molar-refractivity contribution is 6.35. The lowest BCUT2D eigenvalue weighted by Crippen LogP contribution is -2.37. The van der Waals surface area contributed by atoms with Crippen LogP contribution in [0.15, 0.2) is 36.4 Å². The Morgan fingerprint density at radius 1 is 0.862 bits per heavy atom. The molecule has 0 aromatic heterocycles. The summed E-state index contributed by atoms with van der Waals surface area (Å²) < 4.78 is 10.7. The Morgan fingerprint density at radius 3 is 2.03 bits per heavy atom. The van der Waals surface area contributed by atoms with Crippen molar-refractivity contribution in [3.63, 3.8) is 0 Å². The SMILES string of the molecule is COc1cccc(OC)c1C(=O)N1CCCN(C(=O)c2cc(Cl)ccc2Cl)CC1. The fourth-order valence-corrected chi connectivity index (χ4v) is 3.75. The Hall–Kier alpha value is -2.44. The van der Waals surface area contributed by atoms with Gasteiger partial charge in [-0.2, -0.15) is 0 Å². The summed E-state index contributed by atoms with van der Waals surface area (Å²) in [5.74, 6) is 0.533. The second kappa shape index (κ2) is 9.37. The van der Waals surface area contributed by atoms with Crippen molar-refractivity contribution in [2.75, 3.05) is 40.4 Å². The van der Waals surface area contributed by atoms with Crippen LogP contribution in [-0.2, 0) is 0 Å². The van der Waals surface area contributed by atoms with E-state index in [4.69, 9.17) is 32.7 Å². The topological polar surface area (TPSA) is 59.1 Å². The normalized spacial score (nSPS) is 14.3. The van der Waals surface area contributed by atoms with E-state index in [9.17, 15) is 9.59 Å². The van der Waals surface area contributed by atoms with Gasteiger partial charge in [0.25, 0.3) is 11.8 Å². The first-order valence-electron chi connectivity index (χ1n) is 9.21. The van der Waals surface area contributed by atoms with E-state index in [0.29, 0.717) is 65.3 Å².